The lowest BCUT2D eigenvalue weighted by atomic mass is 10.0. The van der Waals surface area contributed by atoms with E-state index < -0.39 is 0 Å². The van der Waals surface area contributed by atoms with Gasteiger partial charge in [0, 0.05) is 25.7 Å². The maximum Gasteiger partial charge on any atom is 0.191 e. The largest absolute Gasteiger partial charge is 0.376 e. The van der Waals surface area contributed by atoms with Crippen molar-refractivity contribution in [3.63, 3.8) is 0 Å². The summed E-state index contributed by atoms with van der Waals surface area (Å²) in [6.07, 6.45) is 6.67. The molecule has 21 heavy (non-hydrogen) atoms. The number of aliphatic imine (C=N–C) groups is 1. The summed E-state index contributed by atoms with van der Waals surface area (Å²) in [6, 6.07) is 0.613. The summed E-state index contributed by atoms with van der Waals surface area (Å²) in [4.78, 5) is 7.36. The van der Waals surface area contributed by atoms with Gasteiger partial charge in [-0.2, -0.15) is 0 Å². The predicted octanol–water partition coefficient (Wildman–Crippen LogP) is 1.59. The number of hydrogen-bond acceptors (Lipinski definition) is 3. The SMILES string of the molecule is CCNC(=NCC1CCCCN1CC)NCC1CCCO1. The van der Waals surface area contributed by atoms with Crippen LogP contribution in [0.2, 0.25) is 0 Å². The summed E-state index contributed by atoms with van der Waals surface area (Å²) in [5.41, 5.74) is 0. The first-order valence-corrected chi connectivity index (χ1v) is 8.71. The van der Waals surface area contributed by atoms with Crippen LogP contribution in [0.15, 0.2) is 4.99 Å². The molecule has 2 aliphatic heterocycles. The number of rotatable bonds is 6. The zero-order valence-corrected chi connectivity index (χ0v) is 13.7. The first-order chi connectivity index (χ1) is 10.3. The molecule has 2 rings (SSSR count). The van der Waals surface area contributed by atoms with Gasteiger partial charge in [-0.1, -0.05) is 13.3 Å². The highest BCUT2D eigenvalue weighted by atomic mass is 16.5. The molecule has 0 spiro atoms. The number of piperidine rings is 1. The normalized spacial score (nSPS) is 27.8. The molecule has 2 unspecified atom stereocenters. The van der Waals surface area contributed by atoms with Gasteiger partial charge in [0.1, 0.15) is 0 Å². The smallest absolute Gasteiger partial charge is 0.191 e. The Bertz CT molecular complexity index is 315. The van der Waals surface area contributed by atoms with Gasteiger partial charge < -0.3 is 15.4 Å². The van der Waals surface area contributed by atoms with E-state index in [1.54, 1.807) is 0 Å². The van der Waals surface area contributed by atoms with Crippen molar-refractivity contribution in [1.82, 2.24) is 15.5 Å². The van der Waals surface area contributed by atoms with Crippen molar-refractivity contribution >= 4 is 5.96 Å². The molecule has 2 atom stereocenters. The van der Waals surface area contributed by atoms with Crippen LogP contribution in [0.4, 0.5) is 0 Å². The minimum Gasteiger partial charge on any atom is -0.376 e. The molecular weight excluding hydrogens is 264 g/mol. The third-order valence-electron chi connectivity index (χ3n) is 4.48. The quantitative estimate of drug-likeness (QED) is 0.577. The summed E-state index contributed by atoms with van der Waals surface area (Å²) in [7, 11) is 0. The highest BCUT2D eigenvalue weighted by Crippen LogP contribution is 2.16. The maximum absolute atomic E-state index is 5.66. The van der Waals surface area contributed by atoms with Crippen LogP contribution in [-0.4, -0.2) is 62.3 Å². The second-order valence-electron chi connectivity index (χ2n) is 6.01. The molecule has 0 bridgehead atoms. The second kappa shape index (κ2) is 9.26. The van der Waals surface area contributed by atoms with E-state index in [4.69, 9.17) is 9.73 Å². The molecular formula is C16H32N4O. The molecule has 2 heterocycles. The van der Waals surface area contributed by atoms with Gasteiger partial charge in [-0.25, -0.2) is 0 Å². The number of hydrogen-bond donors (Lipinski definition) is 2. The van der Waals surface area contributed by atoms with Crippen molar-refractivity contribution in [3.05, 3.63) is 0 Å². The lowest BCUT2D eigenvalue weighted by Gasteiger charge is -2.34. The standard InChI is InChI=1S/C16H32N4O/c1-3-17-16(19-13-15-9-7-11-21-15)18-12-14-8-5-6-10-20(14)4-2/h14-15H,3-13H2,1-2H3,(H2,17,18,19). The number of guanidine groups is 1. The topological polar surface area (TPSA) is 48.9 Å². The molecule has 0 radical (unpaired) electrons. The van der Waals surface area contributed by atoms with Crippen LogP contribution in [0.3, 0.4) is 0 Å². The molecule has 122 valence electrons. The Morgan fingerprint density at radius 1 is 1.19 bits per heavy atom. The van der Waals surface area contributed by atoms with E-state index in [1.165, 1.54) is 38.6 Å². The van der Waals surface area contributed by atoms with Crippen molar-refractivity contribution in [2.24, 2.45) is 4.99 Å². The summed E-state index contributed by atoms with van der Waals surface area (Å²) in [5.74, 6) is 0.939. The molecule has 0 saturated carbocycles. The number of nitrogens with one attached hydrogen (secondary N) is 2. The number of likely N-dealkylation sites (tertiary alicyclic amines) is 1. The molecule has 5 heteroatoms. The summed E-state index contributed by atoms with van der Waals surface area (Å²) >= 11 is 0. The first-order valence-electron chi connectivity index (χ1n) is 8.71. The van der Waals surface area contributed by atoms with E-state index in [0.29, 0.717) is 12.1 Å². The zero-order chi connectivity index (χ0) is 14.9. The van der Waals surface area contributed by atoms with Crippen LogP contribution in [0.25, 0.3) is 0 Å². The van der Waals surface area contributed by atoms with Gasteiger partial charge in [-0.15, -0.1) is 0 Å². The van der Waals surface area contributed by atoms with Gasteiger partial charge in [-0.05, 0) is 45.7 Å². The molecule has 2 aliphatic rings. The average Bonchev–Trinajstić information content (AvgIpc) is 3.03. The van der Waals surface area contributed by atoms with Crippen molar-refractivity contribution in [3.8, 4) is 0 Å². The monoisotopic (exact) mass is 296 g/mol. The Balaban J connectivity index is 1.80. The fraction of sp³-hybridized carbons (Fsp3) is 0.938. The van der Waals surface area contributed by atoms with E-state index >= 15 is 0 Å². The van der Waals surface area contributed by atoms with Crippen molar-refractivity contribution in [2.75, 3.05) is 39.3 Å². The van der Waals surface area contributed by atoms with Crippen LogP contribution in [0, 0.1) is 0 Å². The Morgan fingerprint density at radius 3 is 2.81 bits per heavy atom. The molecule has 5 nitrogen and oxygen atoms in total. The van der Waals surface area contributed by atoms with Crippen molar-refractivity contribution in [2.45, 2.75) is 58.1 Å². The molecule has 2 N–H and O–H groups in total. The van der Waals surface area contributed by atoms with Gasteiger partial charge in [0.25, 0.3) is 0 Å². The van der Waals surface area contributed by atoms with Gasteiger partial charge in [0.05, 0.1) is 12.6 Å². The van der Waals surface area contributed by atoms with E-state index in [1.807, 2.05) is 0 Å². The van der Waals surface area contributed by atoms with Gasteiger partial charge in [0.15, 0.2) is 5.96 Å². The Labute approximate surface area is 129 Å². The summed E-state index contributed by atoms with van der Waals surface area (Å²) < 4.78 is 5.66. The number of ether oxygens (including phenoxy) is 1. The first kappa shape index (κ1) is 16.6. The second-order valence-corrected chi connectivity index (χ2v) is 6.01. The lowest BCUT2D eigenvalue weighted by molar-refractivity contribution is 0.113. The van der Waals surface area contributed by atoms with Crippen LogP contribution in [-0.2, 0) is 4.74 Å². The van der Waals surface area contributed by atoms with Gasteiger partial charge in [0.2, 0.25) is 0 Å². The Hall–Kier alpha value is -0.810. The highest BCUT2D eigenvalue weighted by Gasteiger charge is 2.20. The fourth-order valence-corrected chi connectivity index (χ4v) is 3.24. The molecule has 0 aromatic carbocycles. The summed E-state index contributed by atoms with van der Waals surface area (Å²) in [6.45, 7) is 10.3. The van der Waals surface area contributed by atoms with Crippen LogP contribution in [0.5, 0.6) is 0 Å². The highest BCUT2D eigenvalue weighted by molar-refractivity contribution is 5.79. The minimum atomic E-state index is 0.357. The van der Waals surface area contributed by atoms with Crippen LogP contribution in [0.1, 0.15) is 46.0 Å². The van der Waals surface area contributed by atoms with E-state index in [2.05, 4.69) is 29.4 Å². The lowest BCUT2D eigenvalue weighted by Crippen LogP contribution is -2.44. The maximum atomic E-state index is 5.66. The average molecular weight is 296 g/mol. The van der Waals surface area contributed by atoms with Gasteiger partial charge >= 0.3 is 0 Å². The van der Waals surface area contributed by atoms with Gasteiger partial charge in [-0.3, -0.25) is 9.89 Å². The molecule has 0 amide bonds. The van der Waals surface area contributed by atoms with E-state index in [-0.39, 0.29) is 0 Å². The summed E-state index contributed by atoms with van der Waals surface area (Å²) in [5, 5.41) is 6.77. The van der Waals surface area contributed by atoms with E-state index in [9.17, 15) is 0 Å². The number of nitrogens with zero attached hydrogens (tertiary/aromatic N) is 2. The molecule has 0 aromatic rings. The number of likely N-dealkylation sites (N-methyl/N-ethyl adjacent to an activating group) is 1. The Morgan fingerprint density at radius 2 is 2.10 bits per heavy atom. The minimum absolute atomic E-state index is 0.357. The third-order valence-corrected chi connectivity index (χ3v) is 4.48. The molecule has 0 aromatic heterocycles. The zero-order valence-electron chi connectivity index (χ0n) is 13.7. The molecule has 0 aliphatic carbocycles. The molecule has 2 saturated heterocycles. The van der Waals surface area contributed by atoms with Crippen molar-refractivity contribution < 1.29 is 4.74 Å². The molecule has 2 fully saturated rings. The van der Waals surface area contributed by atoms with Crippen molar-refractivity contribution in [1.29, 1.82) is 0 Å². The van der Waals surface area contributed by atoms with E-state index in [0.717, 1.165) is 38.7 Å². The third kappa shape index (κ3) is 5.47. The Kier molecular flexibility index (Phi) is 7.30. The predicted molar refractivity (Wildman–Crippen MR) is 87.8 cm³/mol. The fourth-order valence-electron chi connectivity index (χ4n) is 3.24. The van der Waals surface area contributed by atoms with Crippen LogP contribution < -0.4 is 10.6 Å². The van der Waals surface area contributed by atoms with Crippen LogP contribution >= 0.6 is 0 Å².